The van der Waals surface area contributed by atoms with Crippen LogP contribution < -0.4 is 5.32 Å². The average Bonchev–Trinajstić information content (AvgIpc) is 3.43. The lowest BCUT2D eigenvalue weighted by molar-refractivity contribution is -0.113. The predicted octanol–water partition coefficient (Wildman–Crippen LogP) is 7.74. The fraction of sp³-hybridized carbons (Fsp3) is 0.0294. The zero-order chi connectivity index (χ0) is 28.7. The van der Waals surface area contributed by atoms with Gasteiger partial charge in [0.25, 0.3) is 0 Å². The summed E-state index contributed by atoms with van der Waals surface area (Å²) in [6.45, 7) is 0. The minimum Gasteiger partial charge on any atom is -0.438 e. The second-order valence-electron chi connectivity index (χ2n) is 9.21. The van der Waals surface area contributed by atoms with Gasteiger partial charge in [-0.25, -0.2) is 4.98 Å². The normalized spacial score (nSPS) is 10.6. The van der Waals surface area contributed by atoms with Crippen molar-refractivity contribution in [2.45, 2.75) is 5.16 Å². The van der Waals surface area contributed by atoms with Crippen LogP contribution in [-0.2, 0) is 4.79 Å². The number of nitriles is 1. The molecule has 1 N–H and O–H groups in total. The highest BCUT2D eigenvalue weighted by Crippen LogP contribution is 2.41. The number of rotatable bonds is 8. The molecule has 1 amide bonds. The molecule has 2 aromatic heterocycles. The first kappa shape index (κ1) is 26.7. The molecule has 6 aromatic rings. The van der Waals surface area contributed by atoms with Gasteiger partial charge in [0.2, 0.25) is 16.9 Å². The van der Waals surface area contributed by atoms with Crippen LogP contribution >= 0.6 is 11.8 Å². The summed E-state index contributed by atoms with van der Waals surface area (Å²) in [6.07, 6.45) is 0. The summed E-state index contributed by atoms with van der Waals surface area (Å²) in [5, 5.41) is 22.0. The molecule has 202 valence electrons. The Bertz CT molecular complexity index is 1870. The molecule has 0 saturated heterocycles. The van der Waals surface area contributed by atoms with E-state index in [1.54, 1.807) is 0 Å². The van der Waals surface area contributed by atoms with Crippen LogP contribution in [0.1, 0.15) is 5.56 Å². The third-order valence-electron chi connectivity index (χ3n) is 6.47. The smallest absolute Gasteiger partial charge is 0.237 e. The third-order valence-corrected chi connectivity index (χ3v) is 7.30. The highest BCUT2D eigenvalue weighted by molar-refractivity contribution is 7.99. The van der Waals surface area contributed by atoms with E-state index in [4.69, 9.17) is 9.40 Å². The van der Waals surface area contributed by atoms with E-state index in [9.17, 15) is 10.1 Å². The summed E-state index contributed by atoms with van der Waals surface area (Å²) in [6, 6.07) is 40.8. The van der Waals surface area contributed by atoms with E-state index in [1.807, 2.05) is 121 Å². The zero-order valence-electron chi connectivity index (χ0n) is 22.3. The van der Waals surface area contributed by atoms with Crippen LogP contribution in [0, 0.1) is 11.3 Å². The fourth-order valence-corrected chi connectivity index (χ4v) is 5.14. The lowest BCUT2D eigenvalue weighted by atomic mass is 9.98. The van der Waals surface area contributed by atoms with Gasteiger partial charge in [0.1, 0.15) is 28.8 Å². The zero-order valence-corrected chi connectivity index (χ0v) is 23.1. The molecule has 0 atom stereocenters. The molecule has 0 fully saturated rings. The number of thioether (sulfide) groups is 1. The maximum absolute atomic E-state index is 13.1. The quantitative estimate of drug-likeness (QED) is 0.188. The molecule has 0 aliphatic rings. The van der Waals surface area contributed by atoms with Crippen molar-refractivity contribution in [3.63, 3.8) is 0 Å². The van der Waals surface area contributed by atoms with E-state index in [0.717, 1.165) is 34.0 Å². The largest absolute Gasteiger partial charge is 0.438 e. The first-order chi connectivity index (χ1) is 20.7. The molecule has 0 aliphatic heterocycles. The maximum atomic E-state index is 13.1. The van der Waals surface area contributed by atoms with Gasteiger partial charge < -0.3 is 4.42 Å². The number of anilines is 1. The van der Waals surface area contributed by atoms with E-state index >= 15 is 0 Å². The van der Waals surface area contributed by atoms with Gasteiger partial charge in [0, 0.05) is 22.3 Å². The molecule has 0 spiro atoms. The Morgan fingerprint density at radius 2 is 1.24 bits per heavy atom. The first-order valence-corrected chi connectivity index (χ1v) is 14.2. The summed E-state index contributed by atoms with van der Waals surface area (Å²) >= 11 is 1.16. The molecule has 0 aliphatic carbocycles. The van der Waals surface area contributed by atoms with Gasteiger partial charge in [-0.2, -0.15) is 5.26 Å². The van der Waals surface area contributed by atoms with Crippen molar-refractivity contribution in [3.8, 4) is 51.0 Å². The highest BCUT2D eigenvalue weighted by atomic mass is 32.2. The number of carbonyl (C=O) groups excluding carboxylic acids is 1. The summed E-state index contributed by atoms with van der Waals surface area (Å²) in [7, 11) is 0. The summed E-state index contributed by atoms with van der Waals surface area (Å²) < 4.78 is 6.13. The number of amides is 1. The number of hydrogen-bond donors (Lipinski definition) is 1. The predicted molar refractivity (Wildman–Crippen MR) is 164 cm³/mol. The Kier molecular flexibility index (Phi) is 7.84. The van der Waals surface area contributed by atoms with E-state index in [-0.39, 0.29) is 23.1 Å². The Morgan fingerprint density at radius 1 is 0.714 bits per heavy atom. The van der Waals surface area contributed by atoms with E-state index in [2.05, 4.69) is 21.6 Å². The van der Waals surface area contributed by atoms with E-state index in [1.165, 1.54) is 0 Å². The first-order valence-electron chi connectivity index (χ1n) is 13.2. The molecule has 8 heteroatoms. The Morgan fingerprint density at radius 3 is 1.81 bits per heavy atom. The summed E-state index contributed by atoms with van der Waals surface area (Å²) in [5.74, 6) is 0.247. The number of nitrogens with one attached hydrogen (secondary N) is 1. The van der Waals surface area contributed by atoms with Gasteiger partial charge in [-0.3, -0.25) is 10.1 Å². The van der Waals surface area contributed by atoms with Crippen LogP contribution in [-0.4, -0.2) is 26.8 Å². The van der Waals surface area contributed by atoms with Crippen LogP contribution in [0.5, 0.6) is 0 Å². The molecule has 4 aromatic carbocycles. The highest BCUT2D eigenvalue weighted by Gasteiger charge is 2.24. The SMILES string of the molecule is N#Cc1c(NC(=O)CSc2nnc(-c3ccccc3)c(-c3ccccc3)n2)oc(-c2ccccc2)c1-c1ccccc1. The second kappa shape index (κ2) is 12.3. The molecule has 42 heavy (non-hydrogen) atoms. The lowest BCUT2D eigenvalue weighted by Crippen LogP contribution is -2.14. The molecular formula is C34H23N5O2S. The fourth-order valence-electron chi connectivity index (χ4n) is 4.55. The average molecular weight is 566 g/mol. The number of aromatic nitrogens is 3. The monoisotopic (exact) mass is 565 g/mol. The molecule has 7 nitrogen and oxygen atoms in total. The third kappa shape index (κ3) is 5.68. The van der Waals surface area contributed by atoms with Gasteiger partial charge in [-0.15, -0.1) is 10.2 Å². The Labute approximate surface area is 246 Å². The van der Waals surface area contributed by atoms with Crippen LogP contribution in [0.4, 0.5) is 5.88 Å². The molecular weight excluding hydrogens is 542 g/mol. The topological polar surface area (TPSA) is 105 Å². The van der Waals surface area contributed by atoms with Gasteiger partial charge in [-0.1, -0.05) is 133 Å². The van der Waals surface area contributed by atoms with Crippen LogP contribution in [0.25, 0.3) is 45.0 Å². The van der Waals surface area contributed by atoms with Crippen molar-refractivity contribution in [1.82, 2.24) is 15.2 Å². The molecule has 2 heterocycles. The van der Waals surface area contributed by atoms with Crippen LogP contribution in [0.2, 0.25) is 0 Å². The number of hydrogen-bond acceptors (Lipinski definition) is 7. The minimum atomic E-state index is -0.360. The maximum Gasteiger partial charge on any atom is 0.237 e. The number of nitrogens with zero attached hydrogens (tertiary/aromatic N) is 4. The van der Waals surface area contributed by atoms with Crippen molar-refractivity contribution in [3.05, 3.63) is 127 Å². The summed E-state index contributed by atoms with van der Waals surface area (Å²) in [5.41, 5.74) is 5.64. The van der Waals surface area contributed by atoms with Crippen LogP contribution in [0.15, 0.2) is 131 Å². The Hall–Kier alpha value is -5.52. The van der Waals surface area contributed by atoms with E-state index < -0.39 is 0 Å². The standard InChI is InChI=1S/C34H23N5O2S/c35-21-27-29(23-13-5-1-6-14-23)32(26-19-11-4-12-20-26)41-33(27)36-28(40)22-42-34-37-30(24-15-7-2-8-16-24)31(38-39-34)25-17-9-3-10-18-25/h1-20H,22H2,(H,36,40). The van der Waals surface area contributed by atoms with Crippen molar-refractivity contribution >= 4 is 23.6 Å². The number of benzene rings is 4. The van der Waals surface area contributed by atoms with Crippen molar-refractivity contribution in [1.29, 1.82) is 5.26 Å². The molecule has 6 rings (SSSR count). The molecule has 0 saturated carbocycles. The number of furan rings is 1. The molecule has 0 radical (unpaired) electrons. The van der Waals surface area contributed by atoms with Gasteiger partial charge >= 0.3 is 0 Å². The van der Waals surface area contributed by atoms with Gasteiger partial charge in [0.05, 0.1) is 5.75 Å². The molecule has 0 bridgehead atoms. The molecule has 0 unspecified atom stereocenters. The van der Waals surface area contributed by atoms with Crippen molar-refractivity contribution in [2.75, 3.05) is 11.1 Å². The summed E-state index contributed by atoms with van der Waals surface area (Å²) in [4.78, 5) is 17.9. The van der Waals surface area contributed by atoms with Crippen molar-refractivity contribution < 1.29 is 9.21 Å². The van der Waals surface area contributed by atoms with Gasteiger partial charge in [-0.05, 0) is 5.56 Å². The van der Waals surface area contributed by atoms with Gasteiger partial charge in [0.15, 0.2) is 0 Å². The Balaban J connectivity index is 1.27. The van der Waals surface area contributed by atoms with Crippen LogP contribution in [0.3, 0.4) is 0 Å². The van der Waals surface area contributed by atoms with Crippen molar-refractivity contribution in [2.24, 2.45) is 0 Å². The number of carbonyl (C=O) groups is 1. The van der Waals surface area contributed by atoms with E-state index in [0.29, 0.717) is 27.9 Å². The lowest BCUT2D eigenvalue weighted by Gasteiger charge is -2.09. The second-order valence-corrected chi connectivity index (χ2v) is 10.2. The minimum absolute atomic E-state index is 0.00645.